The van der Waals surface area contributed by atoms with E-state index in [1.165, 1.54) is 27.7 Å². The molecule has 0 unspecified atom stereocenters. The van der Waals surface area contributed by atoms with Gasteiger partial charge >= 0.3 is 0 Å². The van der Waals surface area contributed by atoms with Crippen LogP contribution in [0.5, 0.6) is 0 Å². The van der Waals surface area contributed by atoms with Gasteiger partial charge in [-0.3, -0.25) is 9.36 Å². The summed E-state index contributed by atoms with van der Waals surface area (Å²) in [7, 11) is 1.71. The third-order valence-corrected chi connectivity index (χ3v) is 5.63. The molecular weight excluding hydrogens is 380 g/mol. The largest absolute Gasteiger partial charge is 0.338 e. The minimum absolute atomic E-state index is 0.0545. The minimum atomic E-state index is -0.0545. The van der Waals surface area contributed by atoms with E-state index in [-0.39, 0.29) is 5.56 Å². The lowest BCUT2D eigenvalue weighted by atomic mass is 10.2. The summed E-state index contributed by atoms with van der Waals surface area (Å²) in [5.41, 5.74) is 0.774. The fraction of sp³-hybridized carbons (Fsp3) is 0.125. The molecule has 0 aliphatic heterocycles. The first-order valence-electron chi connectivity index (χ1n) is 7.27. The van der Waals surface area contributed by atoms with Crippen molar-refractivity contribution >= 4 is 44.9 Å². The molecule has 9 heteroatoms. The first-order chi connectivity index (χ1) is 12.1. The van der Waals surface area contributed by atoms with Crippen LogP contribution in [0.3, 0.4) is 0 Å². The average molecular weight is 391 g/mol. The van der Waals surface area contributed by atoms with Gasteiger partial charge in [-0.2, -0.15) is 4.98 Å². The number of halogens is 1. The molecular formula is C16H11ClN4O2S2. The van der Waals surface area contributed by atoms with Crippen LogP contribution in [0.2, 0.25) is 5.02 Å². The summed E-state index contributed by atoms with van der Waals surface area (Å²) >= 11 is 8.71. The third-order valence-electron chi connectivity index (χ3n) is 3.56. The van der Waals surface area contributed by atoms with Crippen LogP contribution in [-0.2, 0) is 12.8 Å². The normalized spacial score (nSPS) is 11.3. The highest BCUT2D eigenvalue weighted by molar-refractivity contribution is 7.98. The molecule has 6 nitrogen and oxygen atoms in total. The number of nitrogens with zero attached hydrogens (tertiary/aromatic N) is 4. The van der Waals surface area contributed by atoms with Gasteiger partial charge in [0.25, 0.3) is 5.56 Å². The van der Waals surface area contributed by atoms with Crippen LogP contribution in [0, 0.1) is 0 Å². The second kappa shape index (κ2) is 6.62. The summed E-state index contributed by atoms with van der Waals surface area (Å²) in [4.78, 5) is 21.9. The lowest BCUT2D eigenvalue weighted by Crippen LogP contribution is -2.19. The third kappa shape index (κ3) is 3.20. The Bertz CT molecular complexity index is 1100. The Morgan fingerprint density at radius 2 is 2.04 bits per heavy atom. The molecule has 0 saturated carbocycles. The molecule has 0 bridgehead atoms. The molecule has 0 radical (unpaired) electrons. The van der Waals surface area contributed by atoms with Crippen molar-refractivity contribution in [3.8, 4) is 11.4 Å². The molecule has 0 aliphatic carbocycles. The molecule has 0 fully saturated rings. The van der Waals surface area contributed by atoms with E-state index in [9.17, 15) is 4.79 Å². The molecule has 0 saturated heterocycles. The molecule has 0 atom stereocenters. The van der Waals surface area contributed by atoms with Gasteiger partial charge in [0, 0.05) is 17.6 Å². The molecule has 3 aromatic heterocycles. The topological polar surface area (TPSA) is 73.8 Å². The first-order valence-corrected chi connectivity index (χ1v) is 9.52. The monoisotopic (exact) mass is 390 g/mol. The van der Waals surface area contributed by atoms with E-state index in [1.54, 1.807) is 25.2 Å². The van der Waals surface area contributed by atoms with Crippen LogP contribution in [0.15, 0.2) is 50.2 Å². The Labute approximate surface area is 155 Å². The van der Waals surface area contributed by atoms with Crippen LogP contribution in [0.4, 0.5) is 0 Å². The number of rotatable bonds is 4. The first kappa shape index (κ1) is 16.3. The zero-order chi connectivity index (χ0) is 17.4. The highest BCUT2D eigenvalue weighted by atomic mass is 35.5. The minimum Gasteiger partial charge on any atom is -0.338 e. The Morgan fingerprint density at radius 3 is 2.84 bits per heavy atom. The maximum atomic E-state index is 12.3. The zero-order valence-electron chi connectivity index (χ0n) is 13.0. The molecule has 25 heavy (non-hydrogen) atoms. The predicted molar refractivity (Wildman–Crippen MR) is 99.2 cm³/mol. The smallest absolute Gasteiger partial charge is 0.262 e. The van der Waals surface area contributed by atoms with Gasteiger partial charge in [0.2, 0.25) is 11.7 Å². The van der Waals surface area contributed by atoms with Gasteiger partial charge in [0.1, 0.15) is 4.83 Å². The Balaban J connectivity index is 1.55. The van der Waals surface area contributed by atoms with Gasteiger partial charge in [0.05, 0.1) is 11.1 Å². The molecule has 0 spiro atoms. The maximum absolute atomic E-state index is 12.3. The van der Waals surface area contributed by atoms with E-state index in [0.717, 1.165) is 10.4 Å². The van der Waals surface area contributed by atoms with E-state index < -0.39 is 0 Å². The molecule has 126 valence electrons. The van der Waals surface area contributed by atoms with Crippen LogP contribution in [0.25, 0.3) is 21.6 Å². The second-order valence-electron chi connectivity index (χ2n) is 5.21. The van der Waals surface area contributed by atoms with Gasteiger partial charge in [-0.25, -0.2) is 4.98 Å². The number of hydrogen-bond acceptors (Lipinski definition) is 7. The summed E-state index contributed by atoms with van der Waals surface area (Å²) in [5.74, 6) is 1.40. The van der Waals surface area contributed by atoms with Crippen molar-refractivity contribution in [1.82, 2.24) is 19.7 Å². The molecule has 0 amide bonds. The molecule has 0 N–H and O–H groups in total. The Hall–Kier alpha value is -2.16. The molecule has 0 aliphatic rings. The second-order valence-corrected chi connectivity index (χ2v) is 7.48. The molecule has 1 aromatic carbocycles. The van der Waals surface area contributed by atoms with Gasteiger partial charge in [-0.15, -0.1) is 11.3 Å². The fourth-order valence-corrected chi connectivity index (χ4v) is 4.01. The fourth-order valence-electron chi connectivity index (χ4n) is 2.27. The van der Waals surface area contributed by atoms with E-state index >= 15 is 0 Å². The number of aromatic nitrogens is 4. The van der Waals surface area contributed by atoms with Gasteiger partial charge in [0.15, 0.2) is 5.16 Å². The summed E-state index contributed by atoms with van der Waals surface area (Å²) < 4.78 is 6.82. The Morgan fingerprint density at radius 1 is 1.24 bits per heavy atom. The van der Waals surface area contributed by atoms with Crippen LogP contribution in [-0.4, -0.2) is 19.7 Å². The van der Waals surface area contributed by atoms with E-state index in [1.807, 2.05) is 17.5 Å². The van der Waals surface area contributed by atoms with E-state index in [4.69, 9.17) is 16.1 Å². The highest BCUT2D eigenvalue weighted by Crippen LogP contribution is 2.24. The summed E-state index contributed by atoms with van der Waals surface area (Å²) in [5, 5.41) is 7.75. The number of hydrogen-bond donors (Lipinski definition) is 0. The van der Waals surface area contributed by atoms with Crippen molar-refractivity contribution in [3.63, 3.8) is 0 Å². The number of fused-ring (bicyclic) bond motifs is 1. The lowest BCUT2D eigenvalue weighted by molar-refractivity contribution is 0.391. The van der Waals surface area contributed by atoms with E-state index in [0.29, 0.717) is 33.0 Å². The van der Waals surface area contributed by atoms with Gasteiger partial charge in [-0.1, -0.05) is 28.5 Å². The summed E-state index contributed by atoms with van der Waals surface area (Å²) in [6.45, 7) is 0. The quantitative estimate of drug-likeness (QED) is 0.387. The SMILES string of the molecule is Cn1c(SCc2nc(-c3ccc(Cl)cc3)no2)nc2sccc2c1=O. The summed E-state index contributed by atoms with van der Waals surface area (Å²) in [6.07, 6.45) is 0. The van der Waals surface area contributed by atoms with Crippen molar-refractivity contribution in [2.24, 2.45) is 7.05 Å². The van der Waals surface area contributed by atoms with Gasteiger partial charge in [-0.05, 0) is 35.7 Å². The van der Waals surface area contributed by atoms with Crippen molar-refractivity contribution in [2.75, 3.05) is 0 Å². The van der Waals surface area contributed by atoms with E-state index in [2.05, 4.69) is 15.1 Å². The standard InChI is InChI=1S/C16H11ClN4O2S2/c1-21-15(22)11-6-7-24-14(11)19-16(21)25-8-12-18-13(20-23-12)9-2-4-10(17)5-3-9/h2-7H,8H2,1H3. The van der Waals surface area contributed by atoms with Crippen LogP contribution >= 0.6 is 34.7 Å². The van der Waals surface area contributed by atoms with Crippen molar-refractivity contribution in [1.29, 1.82) is 0 Å². The van der Waals surface area contributed by atoms with Crippen LogP contribution in [0.1, 0.15) is 5.89 Å². The van der Waals surface area contributed by atoms with Crippen molar-refractivity contribution in [2.45, 2.75) is 10.9 Å². The highest BCUT2D eigenvalue weighted by Gasteiger charge is 2.13. The zero-order valence-corrected chi connectivity index (χ0v) is 15.4. The van der Waals surface area contributed by atoms with Gasteiger partial charge < -0.3 is 4.52 Å². The maximum Gasteiger partial charge on any atom is 0.262 e. The average Bonchev–Trinajstić information content (AvgIpc) is 3.27. The molecule has 4 rings (SSSR count). The molecule has 4 aromatic rings. The predicted octanol–water partition coefficient (Wildman–Crippen LogP) is 3.99. The number of thioether (sulfide) groups is 1. The van der Waals surface area contributed by atoms with Crippen molar-refractivity contribution in [3.05, 3.63) is 57.0 Å². The van der Waals surface area contributed by atoms with Crippen LogP contribution < -0.4 is 5.56 Å². The lowest BCUT2D eigenvalue weighted by Gasteiger charge is -2.05. The van der Waals surface area contributed by atoms with Crippen molar-refractivity contribution < 1.29 is 4.52 Å². The molecule has 3 heterocycles. The number of thiophene rings is 1. The Kier molecular flexibility index (Phi) is 4.32. The summed E-state index contributed by atoms with van der Waals surface area (Å²) in [6, 6.07) is 9.01. The number of benzene rings is 1.